The molecule has 4 aromatic rings. The third kappa shape index (κ3) is 7.40. The Hall–Kier alpha value is -4.23. The van der Waals surface area contributed by atoms with Crippen LogP contribution in [0, 0.1) is 0 Å². The van der Waals surface area contributed by atoms with Gasteiger partial charge in [0.1, 0.15) is 11.5 Å². The first-order valence-corrected chi connectivity index (χ1v) is 12.5. The van der Waals surface area contributed by atoms with Gasteiger partial charge in [0.25, 0.3) is 5.91 Å². The maximum Gasteiger partial charge on any atom is 0.287 e. The van der Waals surface area contributed by atoms with Crippen LogP contribution in [0.4, 0.5) is 0 Å². The summed E-state index contributed by atoms with van der Waals surface area (Å²) in [6.45, 7) is 2.48. The standard InChI is InChI=1S/C31H34N2O5/c1-35-26-11-7-10-25(18-26)21-33(20-24-8-5-4-6-9-24)22-27-13-15-29(38-27)31(34)32-17-16-23-12-14-28(36-2)30(19-23)37-3/h4-15,18-19H,16-17,20-22H2,1-3H3,(H,32,34). The van der Waals surface area contributed by atoms with Crippen molar-refractivity contribution in [2.24, 2.45) is 0 Å². The van der Waals surface area contributed by atoms with E-state index >= 15 is 0 Å². The number of carbonyl (C=O) groups excluding carboxylic acids is 1. The molecular weight excluding hydrogens is 480 g/mol. The van der Waals surface area contributed by atoms with Crippen molar-refractivity contribution >= 4 is 5.91 Å². The number of rotatable bonds is 13. The minimum Gasteiger partial charge on any atom is -0.497 e. The molecule has 0 atom stereocenters. The van der Waals surface area contributed by atoms with Crippen molar-refractivity contribution in [3.05, 3.63) is 113 Å². The van der Waals surface area contributed by atoms with E-state index in [1.54, 1.807) is 27.4 Å². The van der Waals surface area contributed by atoms with Crippen LogP contribution in [0.3, 0.4) is 0 Å². The van der Waals surface area contributed by atoms with Gasteiger partial charge in [-0.3, -0.25) is 9.69 Å². The molecular formula is C31H34N2O5. The summed E-state index contributed by atoms with van der Waals surface area (Å²) < 4.78 is 22.0. The maximum absolute atomic E-state index is 12.7. The van der Waals surface area contributed by atoms with E-state index in [2.05, 4.69) is 28.4 Å². The Kier molecular flexibility index (Phi) is 9.43. The summed E-state index contributed by atoms with van der Waals surface area (Å²) in [5.74, 6) is 2.96. The summed E-state index contributed by atoms with van der Waals surface area (Å²) in [6.07, 6.45) is 0.658. The van der Waals surface area contributed by atoms with Crippen molar-refractivity contribution in [2.45, 2.75) is 26.1 Å². The quantitative estimate of drug-likeness (QED) is 0.255. The minimum atomic E-state index is -0.237. The summed E-state index contributed by atoms with van der Waals surface area (Å²) in [5, 5.41) is 2.94. The van der Waals surface area contributed by atoms with Crippen molar-refractivity contribution in [3.63, 3.8) is 0 Å². The summed E-state index contributed by atoms with van der Waals surface area (Å²) in [6, 6.07) is 27.7. The Morgan fingerprint density at radius 3 is 2.26 bits per heavy atom. The first-order chi connectivity index (χ1) is 18.6. The number of nitrogens with zero attached hydrogens (tertiary/aromatic N) is 1. The van der Waals surface area contributed by atoms with E-state index in [1.165, 1.54) is 5.56 Å². The zero-order valence-electron chi connectivity index (χ0n) is 22.1. The smallest absolute Gasteiger partial charge is 0.287 e. The summed E-state index contributed by atoms with van der Waals surface area (Å²) >= 11 is 0. The van der Waals surface area contributed by atoms with Crippen LogP contribution < -0.4 is 19.5 Å². The van der Waals surface area contributed by atoms with Crippen LogP contribution in [0.5, 0.6) is 17.2 Å². The van der Waals surface area contributed by atoms with Gasteiger partial charge in [0, 0.05) is 19.6 Å². The van der Waals surface area contributed by atoms with Crippen molar-refractivity contribution in [2.75, 3.05) is 27.9 Å². The Balaban J connectivity index is 1.37. The number of methoxy groups -OCH3 is 3. The lowest BCUT2D eigenvalue weighted by Crippen LogP contribution is -2.25. The van der Waals surface area contributed by atoms with Crippen LogP contribution in [0.25, 0.3) is 0 Å². The van der Waals surface area contributed by atoms with E-state index in [0.29, 0.717) is 43.3 Å². The second kappa shape index (κ2) is 13.4. The summed E-state index contributed by atoms with van der Waals surface area (Å²) in [4.78, 5) is 15.0. The molecule has 1 N–H and O–H groups in total. The van der Waals surface area contributed by atoms with Gasteiger partial charge in [0.05, 0.1) is 27.9 Å². The first-order valence-electron chi connectivity index (χ1n) is 12.5. The molecule has 3 aromatic carbocycles. The van der Waals surface area contributed by atoms with Crippen LogP contribution in [0.15, 0.2) is 89.3 Å². The Bertz CT molecular complexity index is 1320. The molecule has 7 heteroatoms. The number of ether oxygens (including phenoxy) is 3. The van der Waals surface area contributed by atoms with Crippen LogP contribution >= 0.6 is 0 Å². The summed E-state index contributed by atoms with van der Waals surface area (Å²) in [7, 11) is 4.88. The second-order valence-electron chi connectivity index (χ2n) is 8.94. The topological polar surface area (TPSA) is 73.2 Å². The van der Waals surface area contributed by atoms with E-state index < -0.39 is 0 Å². The molecule has 0 fully saturated rings. The molecule has 7 nitrogen and oxygen atoms in total. The fraction of sp³-hybridized carbons (Fsp3) is 0.258. The minimum absolute atomic E-state index is 0.237. The van der Waals surface area contributed by atoms with Gasteiger partial charge in [-0.15, -0.1) is 0 Å². The third-order valence-electron chi connectivity index (χ3n) is 6.20. The fourth-order valence-corrected chi connectivity index (χ4v) is 4.29. The van der Waals surface area contributed by atoms with Crippen molar-refractivity contribution in [3.8, 4) is 17.2 Å². The molecule has 0 unspecified atom stereocenters. The Morgan fingerprint density at radius 2 is 1.50 bits per heavy atom. The molecule has 0 saturated carbocycles. The van der Waals surface area contributed by atoms with Gasteiger partial charge in [0.15, 0.2) is 17.3 Å². The van der Waals surface area contributed by atoms with Crippen LogP contribution in [-0.2, 0) is 26.1 Å². The van der Waals surface area contributed by atoms with Gasteiger partial charge in [-0.1, -0.05) is 48.5 Å². The third-order valence-corrected chi connectivity index (χ3v) is 6.20. The number of hydrogen-bond acceptors (Lipinski definition) is 6. The predicted molar refractivity (Wildman–Crippen MR) is 147 cm³/mol. The molecule has 0 bridgehead atoms. The maximum atomic E-state index is 12.7. The highest BCUT2D eigenvalue weighted by molar-refractivity contribution is 5.91. The molecule has 0 aliphatic heterocycles. The largest absolute Gasteiger partial charge is 0.497 e. The molecule has 1 aromatic heterocycles. The van der Waals surface area contributed by atoms with E-state index in [0.717, 1.165) is 29.2 Å². The SMILES string of the molecule is COc1cccc(CN(Cc2ccccc2)Cc2ccc(C(=O)NCCc3ccc(OC)c(OC)c3)o2)c1. The zero-order valence-corrected chi connectivity index (χ0v) is 22.1. The fourth-order valence-electron chi connectivity index (χ4n) is 4.29. The zero-order chi connectivity index (χ0) is 26.7. The van der Waals surface area contributed by atoms with E-state index in [1.807, 2.05) is 60.7 Å². The van der Waals surface area contributed by atoms with Gasteiger partial charge in [-0.2, -0.15) is 0 Å². The lowest BCUT2D eigenvalue weighted by atomic mass is 10.1. The molecule has 1 heterocycles. The number of carbonyl (C=O) groups is 1. The lowest BCUT2D eigenvalue weighted by molar-refractivity contribution is 0.0922. The van der Waals surface area contributed by atoms with Crippen LogP contribution in [0.2, 0.25) is 0 Å². The Labute approximate surface area is 223 Å². The molecule has 0 radical (unpaired) electrons. The number of hydrogen-bond donors (Lipinski definition) is 1. The average molecular weight is 515 g/mol. The van der Waals surface area contributed by atoms with E-state index in [4.69, 9.17) is 18.6 Å². The van der Waals surface area contributed by atoms with Crippen LogP contribution in [-0.4, -0.2) is 38.7 Å². The van der Waals surface area contributed by atoms with Crippen LogP contribution in [0.1, 0.15) is 33.0 Å². The highest BCUT2D eigenvalue weighted by Gasteiger charge is 2.15. The summed E-state index contributed by atoms with van der Waals surface area (Å²) in [5.41, 5.74) is 3.38. The van der Waals surface area contributed by atoms with Crippen molar-refractivity contribution in [1.29, 1.82) is 0 Å². The highest BCUT2D eigenvalue weighted by Crippen LogP contribution is 2.27. The molecule has 38 heavy (non-hydrogen) atoms. The van der Waals surface area contributed by atoms with E-state index in [9.17, 15) is 4.79 Å². The highest BCUT2D eigenvalue weighted by atomic mass is 16.5. The Morgan fingerprint density at radius 1 is 0.737 bits per heavy atom. The number of furan rings is 1. The number of benzene rings is 3. The van der Waals surface area contributed by atoms with E-state index in [-0.39, 0.29) is 5.91 Å². The average Bonchev–Trinajstić information content (AvgIpc) is 3.42. The van der Waals surface area contributed by atoms with Gasteiger partial charge >= 0.3 is 0 Å². The van der Waals surface area contributed by atoms with Gasteiger partial charge < -0.3 is 23.9 Å². The van der Waals surface area contributed by atoms with Crippen molar-refractivity contribution < 1.29 is 23.4 Å². The monoisotopic (exact) mass is 514 g/mol. The predicted octanol–water partition coefficient (Wildman–Crippen LogP) is 5.48. The number of amides is 1. The van der Waals surface area contributed by atoms with Gasteiger partial charge in [-0.05, 0) is 59.5 Å². The molecule has 0 aliphatic rings. The molecule has 1 amide bonds. The van der Waals surface area contributed by atoms with Gasteiger partial charge in [0.2, 0.25) is 0 Å². The normalized spacial score (nSPS) is 10.8. The van der Waals surface area contributed by atoms with Gasteiger partial charge in [-0.25, -0.2) is 0 Å². The lowest BCUT2D eigenvalue weighted by Gasteiger charge is -2.22. The molecule has 0 saturated heterocycles. The molecule has 198 valence electrons. The first kappa shape index (κ1) is 26.8. The van der Waals surface area contributed by atoms with Crippen molar-refractivity contribution in [1.82, 2.24) is 10.2 Å². The second-order valence-corrected chi connectivity index (χ2v) is 8.94. The molecule has 0 aliphatic carbocycles. The molecule has 0 spiro atoms. The molecule has 4 rings (SSSR count). The number of nitrogens with one attached hydrogen (secondary N) is 1.